The number of hydrogen-bond donors (Lipinski definition) is 2. The Kier molecular flexibility index (Phi) is 3.27. The van der Waals surface area contributed by atoms with Crippen molar-refractivity contribution in [3.8, 4) is 0 Å². The van der Waals surface area contributed by atoms with Crippen LogP contribution in [-0.2, 0) is 6.42 Å². The molecule has 0 aliphatic rings. The third-order valence-corrected chi connectivity index (χ3v) is 2.07. The van der Waals surface area contributed by atoms with Gasteiger partial charge in [0.2, 0.25) is 0 Å². The van der Waals surface area contributed by atoms with E-state index in [1.165, 1.54) is 17.2 Å². The third kappa shape index (κ3) is 2.66. The number of carbonyl (C=O) groups is 1. The Balaban J connectivity index is 1.67. The van der Waals surface area contributed by atoms with Gasteiger partial charge in [-0.1, -0.05) is 0 Å². The van der Waals surface area contributed by atoms with E-state index in [9.17, 15) is 4.79 Å². The highest BCUT2D eigenvalue weighted by molar-refractivity contribution is 5.76. The molecule has 1 amide bonds. The zero-order valence-corrected chi connectivity index (χ0v) is 8.63. The monoisotopic (exact) mass is 220 g/mol. The zero-order valence-electron chi connectivity index (χ0n) is 8.63. The van der Waals surface area contributed by atoms with Crippen LogP contribution in [0.1, 0.15) is 12.2 Å². The van der Waals surface area contributed by atoms with Crippen molar-refractivity contribution in [3.63, 3.8) is 0 Å². The molecule has 0 aromatic carbocycles. The van der Waals surface area contributed by atoms with Crippen LogP contribution in [0.25, 0.3) is 0 Å². The first-order chi connectivity index (χ1) is 7.86. The minimum atomic E-state index is -0.171. The van der Waals surface area contributed by atoms with Crippen LogP contribution in [0.3, 0.4) is 0 Å². The number of nitrogens with one attached hydrogen (secondary N) is 2. The van der Waals surface area contributed by atoms with Crippen LogP contribution in [0.2, 0.25) is 0 Å². The molecule has 0 aliphatic heterocycles. The van der Waals surface area contributed by atoms with Gasteiger partial charge in [0.25, 0.3) is 0 Å². The smallest absolute Gasteiger partial charge is 0.326 e. The topological polar surface area (TPSA) is 88.5 Å². The van der Waals surface area contributed by atoms with Crippen molar-refractivity contribution in [2.24, 2.45) is 0 Å². The van der Waals surface area contributed by atoms with Gasteiger partial charge in [0.05, 0.1) is 0 Å². The van der Waals surface area contributed by atoms with Crippen LogP contribution >= 0.6 is 0 Å². The van der Waals surface area contributed by atoms with E-state index in [4.69, 9.17) is 0 Å². The van der Waals surface area contributed by atoms with Crippen LogP contribution in [0.15, 0.2) is 25.0 Å². The van der Waals surface area contributed by atoms with Gasteiger partial charge in [-0.15, -0.1) is 0 Å². The van der Waals surface area contributed by atoms with Gasteiger partial charge in [-0.05, 0) is 6.42 Å². The molecule has 0 spiro atoms. The number of carbonyl (C=O) groups excluding carboxylic acids is 1. The van der Waals surface area contributed by atoms with Crippen LogP contribution in [-0.4, -0.2) is 37.3 Å². The number of aryl methyl sites for hydroxylation is 1. The maximum atomic E-state index is 11.4. The molecule has 0 saturated heterocycles. The summed E-state index contributed by atoms with van der Waals surface area (Å²) in [6.07, 6.45) is 7.69. The molecular weight excluding hydrogens is 208 g/mol. The normalized spacial score (nSPS) is 10.2. The van der Waals surface area contributed by atoms with Gasteiger partial charge in [-0.2, -0.15) is 5.10 Å². The first-order valence-electron chi connectivity index (χ1n) is 4.96. The largest absolute Gasteiger partial charge is 0.337 e. The molecule has 0 atom stereocenters. The Bertz CT molecular complexity index is 421. The van der Waals surface area contributed by atoms with E-state index in [1.807, 2.05) is 0 Å². The summed E-state index contributed by atoms with van der Waals surface area (Å²) in [7, 11) is 0. The molecule has 2 N–H and O–H groups in total. The number of rotatable bonds is 4. The molecule has 2 aromatic rings. The Morgan fingerprint density at radius 2 is 2.50 bits per heavy atom. The number of H-pyrrole nitrogens is 1. The number of amides is 1. The first-order valence-corrected chi connectivity index (χ1v) is 4.96. The Hall–Kier alpha value is -2.18. The van der Waals surface area contributed by atoms with Crippen molar-refractivity contribution in [3.05, 3.63) is 30.9 Å². The molecule has 0 fully saturated rings. The van der Waals surface area contributed by atoms with E-state index in [1.54, 1.807) is 12.4 Å². The van der Waals surface area contributed by atoms with Gasteiger partial charge in [0.15, 0.2) is 0 Å². The molecule has 2 aromatic heterocycles. The minimum absolute atomic E-state index is 0.171. The second kappa shape index (κ2) is 5.06. The molecule has 2 heterocycles. The molecule has 0 bridgehead atoms. The summed E-state index contributed by atoms with van der Waals surface area (Å²) in [6.45, 7) is 0.595. The molecule has 7 nitrogen and oxygen atoms in total. The van der Waals surface area contributed by atoms with Crippen molar-refractivity contribution in [1.29, 1.82) is 0 Å². The molecule has 0 saturated carbocycles. The molecular formula is C9H12N6O. The Morgan fingerprint density at radius 3 is 3.19 bits per heavy atom. The molecule has 0 aliphatic carbocycles. The maximum absolute atomic E-state index is 11.4. The van der Waals surface area contributed by atoms with Gasteiger partial charge < -0.3 is 5.32 Å². The van der Waals surface area contributed by atoms with Gasteiger partial charge in [0.1, 0.15) is 18.5 Å². The molecule has 2 rings (SSSR count). The van der Waals surface area contributed by atoms with Crippen molar-refractivity contribution < 1.29 is 4.79 Å². The summed E-state index contributed by atoms with van der Waals surface area (Å²) in [5.41, 5.74) is 0. The summed E-state index contributed by atoms with van der Waals surface area (Å²) in [5, 5.41) is 9.27. The highest BCUT2D eigenvalue weighted by Gasteiger charge is 2.02. The lowest BCUT2D eigenvalue weighted by molar-refractivity contribution is 0.242. The van der Waals surface area contributed by atoms with Crippen LogP contribution in [0, 0.1) is 0 Å². The molecule has 0 radical (unpaired) electrons. The fourth-order valence-electron chi connectivity index (χ4n) is 1.27. The second-order valence-electron chi connectivity index (χ2n) is 3.24. The number of hydrogen-bond acceptors (Lipinski definition) is 4. The highest BCUT2D eigenvalue weighted by atomic mass is 16.2. The van der Waals surface area contributed by atoms with E-state index in [-0.39, 0.29) is 6.03 Å². The van der Waals surface area contributed by atoms with E-state index in [0.29, 0.717) is 6.54 Å². The van der Waals surface area contributed by atoms with E-state index < -0.39 is 0 Å². The summed E-state index contributed by atoms with van der Waals surface area (Å²) >= 11 is 0. The van der Waals surface area contributed by atoms with Crippen molar-refractivity contribution in [2.45, 2.75) is 12.8 Å². The molecule has 0 unspecified atom stereocenters. The van der Waals surface area contributed by atoms with E-state index in [2.05, 4.69) is 25.5 Å². The minimum Gasteiger partial charge on any atom is -0.337 e. The lowest BCUT2D eigenvalue weighted by Gasteiger charge is -2.03. The van der Waals surface area contributed by atoms with Crippen molar-refractivity contribution in [1.82, 2.24) is 30.0 Å². The zero-order chi connectivity index (χ0) is 11.2. The first kappa shape index (κ1) is 10.3. The average molecular weight is 220 g/mol. The maximum Gasteiger partial charge on any atom is 0.326 e. The summed E-state index contributed by atoms with van der Waals surface area (Å²) in [5.74, 6) is 0.830. The van der Waals surface area contributed by atoms with Crippen molar-refractivity contribution in [2.75, 3.05) is 6.54 Å². The molecule has 7 heteroatoms. The number of aromatic amines is 1. The van der Waals surface area contributed by atoms with Crippen molar-refractivity contribution >= 4 is 6.03 Å². The fourth-order valence-corrected chi connectivity index (χ4v) is 1.27. The van der Waals surface area contributed by atoms with Gasteiger partial charge in [0, 0.05) is 25.4 Å². The number of imidazole rings is 1. The van der Waals surface area contributed by atoms with Crippen LogP contribution < -0.4 is 5.32 Å². The lowest BCUT2D eigenvalue weighted by Crippen LogP contribution is -2.28. The summed E-state index contributed by atoms with van der Waals surface area (Å²) < 4.78 is 1.40. The Labute approximate surface area is 91.9 Å². The standard InChI is InChI=1S/C9H12N6O/c16-9(15-5-4-10-7-15)11-3-1-2-8-12-6-13-14-8/h4-7H,1-3H2,(H,11,16)(H,12,13,14). The van der Waals surface area contributed by atoms with E-state index in [0.717, 1.165) is 18.7 Å². The predicted molar refractivity (Wildman–Crippen MR) is 55.7 cm³/mol. The number of aromatic nitrogens is 5. The quantitative estimate of drug-likeness (QED) is 0.720. The van der Waals surface area contributed by atoms with Gasteiger partial charge in [-0.3, -0.25) is 9.67 Å². The predicted octanol–water partition coefficient (Wildman–Crippen LogP) is 0.192. The number of nitrogens with zero attached hydrogens (tertiary/aromatic N) is 4. The Morgan fingerprint density at radius 1 is 1.56 bits per heavy atom. The highest BCUT2D eigenvalue weighted by Crippen LogP contribution is 1.92. The van der Waals surface area contributed by atoms with Gasteiger partial charge >= 0.3 is 6.03 Å². The average Bonchev–Trinajstić information content (AvgIpc) is 2.96. The second-order valence-corrected chi connectivity index (χ2v) is 3.24. The SMILES string of the molecule is O=C(NCCCc1ncn[nH]1)n1ccnc1. The fraction of sp³-hybridized carbons (Fsp3) is 0.333. The van der Waals surface area contributed by atoms with E-state index >= 15 is 0 Å². The van der Waals surface area contributed by atoms with Crippen LogP contribution in [0.5, 0.6) is 0 Å². The third-order valence-electron chi connectivity index (χ3n) is 2.07. The molecule has 84 valence electrons. The lowest BCUT2D eigenvalue weighted by atomic mass is 10.3. The molecule has 16 heavy (non-hydrogen) atoms. The van der Waals surface area contributed by atoms with Gasteiger partial charge in [-0.25, -0.2) is 14.8 Å². The van der Waals surface area contributed by atoms with Crippen LogP contribution in [0.4, 0.5) is 4.79 Å². The summed E-state index contributed by atoms with van der Waals surface area (Å²) in [6, 6.07) is -0.171. The summed E-state index contributed by atoms with van der Waals surface area (Å²) in [4.78, 5) is 19.2.